The summed E-state index contributed by atoms with van der Waals surface area (Å²) >= 11 is 0. The number of hydrogen-bond donors (Lipinski definition) is 0. The predicted molar refractivity (Wildman–Crippen MR) is 164 cm³/mol. The summed E-state index contributed by atoms with van der Waals surface area (Å²) in [6.45, 7) is 27.0. The molecule has 0 fully saturated rings. The molecule has 0 saturated heterocycles. The molecule has 0 aromatic rings. The Hall–Kier alpha value is -1.20. The summed E-state index contributed by atoms with van der Waals surface area (Å²) < 4.78 is 18.6. The molecule has 0 spiro atoms. The zero-order valence-electron chi connectivity index (χ0n) is 26.1. The minimum Gasteiger partial charge on any atom is -0.413 e. The summed E-state index contributed by atoms with van der Waals surface area (Å²) in [5, 5.41) is 0.236. The third-order valence-corrected chi connectivity index (χ3v) is 12.0. The van der Waals surface area contributed by atoms with E-state index in [-0.39, 0.29) is 29.6 Å². The summed E-state index contributed by atoms with van der Waals surface area (Å²) in [7, 11) is -1.77. The molecule has 3 nitrogen and oxygen atoms in total. The molecule has 0 aliphatic carbocycles. The molecular weight excluding hydrogens is 472 g/mol. The number of hydrogen-bond acceptors (Lipinski definition) is 3. The van der Waals surface area contributed by atoms with Gasteiger partial charge < -0.3 is 13.9 Å². The zero-order chi connectivity index (χ0) is 28.2. The van der Waals surface area contributed by atoms with Gasteiger partial charge in [-0.2, -0.15) is 0 Å². The maximum absolute atomic E-state index is 6.74. The molecule has 0 aromatic carbocycles. The second-order valence-corrected chi connectivity index (χ2v) is 17.3. The molecule has 5 atom stereocenters. The first kappa shape index (κ1) is 33.8. The van der Waals surface area contributed by atoms with E-state index in [0.717, 1.165) is 25.7 Å². The van der Waals surface area contributed by atoms with Crippen LogP contribution in [0.15, 0.2) is 59.8 Å². The first-order valence-electron chi connectivity index (χ1n) is 14.6. The number of allylic oxidation sites excluding steroid dienone is 6. The van der Waals surface area contributed by atoms with Crippen molar-refractivity contribution < 1.29 is 13.9 Å². The lowest BCUT2D eigenvalue weighted by molar-refractivity contribution is -0.154. The minimum absolute atomic E-state index is 0.0706. The van der Waals surface area contributed by atoms with Crippen molar-refractivity contribution in [2.45, 2.75) is 138 Å². The molecule has 0 aromatic heterocycles. The largest absolute Gasteiger partial charge is 0.413 e. The van der Waals surface area contributed by atoms with Gasteiger partial charge in [0.25, 0.3) is 0 Å². The summed E-state index contributed by atoms with van der Waals surface area (Å²) in [6, 6.07) is 0. The van der Waals surface area contributed by atoms with Gasteiger partial charge in [-0.15, -0.1) is 0 Å². The monoisotopic (exact) mass is 530 g/mol. The Morgan fingerprint density at radius 2 is 1.76 bits per heavy atom. The zero-order valence-corrected chi connectivity index (χ0v) is 27.1. The molecule has 1 unspecified atom stereocenters. The van der Waals surface area contributed by atoms with Crippen LogP contribution in [-0.2, 0) is 13.9 Å². The first-order chi connectivity index (χ1) is 17.2. The molecule has 1 rings (SSSR count). The van der Waals surface area contributed by atoms with Gasteiger partial charge in [-0.05, 0) is 82.5 Å². The van der Waals surface area contributed by atoms with Crippen molar-refractivity contribution in [1.82, 2.24) is 0 Å². The van der Waals surface area contributed by atoms with E-state index in [1.165, 1.54) is 11.1 Å². The SMILES string of the molecule is CCC(=C/[C@H](C)C/C=C/C(C)=C/[C@@H](C)C(CC)O[Si](C)(C)C(C)(C)C)/C=C/[C@H]1CC=C[C@H](OC(C)C)O1. The summed E-state index contributed by atoms with van der Waals surface area (Å²) in [5.41, 5.74) is 2.67. The summed E-state index contributed by atoms with van der Waals surface area (Å²) in [4.78, 5) is 0. The molecular formula is C33H58O3Si. The number of rotatable bonds is 14. The fourth-order valence-electron chi connectivity index (χ4n) is 4.19. The highest BCUT2D eigenvalue weighted by Crippen LogP contribution is 2.38. The van der Waals surface area contributed by atoms with E-state index in [1.807, 2.05) is 19.9 Å². The second-order valence-electron chi connectivity index (χ2n) is 12.6. The van der Waals surface area contributed by atoms with Crippen molar-refractivity contribution in [2.75, 3.05) is 0 Å². The highest BCUT2D eigenvalue weighted by Gasteiger charge is 2.39. The van der Waals surface area contributed by atoms with Crippen LogP contribution in [-0.4, -0.2) is 32.9 Å². The Labute approximate surface area is 231 Å². The average molecular weight is 531 g/mol. The van der Waals surface area contributed by atoms with Crippen molar-refractivity contribution in [1.29, 1.82) is 0 Å². The van der Waals surface area contributed by atoms with E-state index < -0.39 is 8.32 Å². The van der Waals surface area contributed by atoms with Crippen molar-refractivity contribution in [3.63, 3.8) is 0 Å². The third kappa shape index (κ3) is 12.9. The standard InChI is InChI=1S/C33H58O3Si/c1-13-29(21-22-30-19-16-20-32(35-30)34-25(3)4)24-27(6)18-15-17-26(5)23-28(7)31(14-2)36-37(11,12)33(8,9)10/h15-17,20-25,27-28,30-32H,13-14,18-19H2,1-12H3/b17-15+,22-21+,26-23+,29-24-/t27-,28-,30-,31?,32-/m1/s1. The summed E-state index contributed by atoms with van der Waals surface area (Å²) in [5.74, 6) is 0.885. The van der Waals surface area contributed by atoms with Gasteiger partial charge in [0.05, 0.1) is 18.3 Å². The van der Waals surface area contributed by atoms with E-state index in [4.69, 9.17) is 13.9 Å². The van der Waals surface area contributed by atoms with Gasteiger partial charge >= 0.3 is 0 Å². The minimum atomic E-state index is -1.77. The predicted octanol–water partition coefficient (Wildman–Crippen LogP) is 9.94. The molecule has 1 heterocycles. The molecule has 4 heteroatoms. The molecule has 0 amide bonds. The van der Waals surface area contributed by atoms with Crippen LogP contribution in [0.5, 0.6) is 0 Å². The van der Waals surface area contributed by atoms with E-state index in [2.05, 4.69) is 111 Å². The van der Waals surface area contributed by atoms with Gasteiger partial charge in [-0.1, -0.05) is 102 Å². The first-order valence-corrected chi connectivity index (χ1v) is 17.5. The molecule has 1 aliphatic rings. The fraction of sp³-hybridized carbons (Fsp3) is 0.697. The van der Waals surface area contributed by atoms with Crippen molar-refractivity contribution in [3.8, 4) is 0 Å². The quantitative estimate of drug-likeness (QED) is 0.127. The average Bonchev–Trinajstić information content (AvgIpc) is 2.79. The van der Waals surface area contributed by atoms with Crippen molar-refractivity contribution in [2.24, 2.45) is 11.8 Å². The lowest BCUT2D eigenvalue weighted by atomic mass is 9.98. The van der Waals surface area contributed by atoms with Crippen LogP contribution in [0, 0.1) is 11.8 Å². The summed E-state index contributed by atoms with van der Waals surface area (Å²) in [6.07, 6.45) is 22.2. The number of ether oxygens (including phenoxy) is 2. The topological polar surface area (TPSA) is 27.7 Å². The Morgan fingerprint density at radius 1 is 1.08 bits per heavy atom. The van der Waals surface area contributed by atoms with Gasteiger partial charge in [-0.25, -0.2) is 0 Å². The molecule has 0 radical (unpaired) electrons. The van der Waals surface area contributed by atoms with Gasteiger partial charge in [0.1, 0.15) is 0 Å². The lowest BCUT2D eigenvalue weighted by Crippen LogP contribution is -2.45. The Balaban J connectivity index is 2.68. The molecule has 212 valence electrons. The highest BCUT2D eigenvalue weighted by atomic mass is 28.4. The molecule has 37 heavy (non-hydrogen) atoms. The van der Waals surface area contributed by atoms with Crippen LogP contribution in [0.4, 0.5) is 0 Å². The highest BCUT2D eigenvalue weighted by molar-refractivity contribution is 6.74. The maximum Gasteiger partial charge on any atom is 0.192 e. The van der Waals surface area contributed by atoms with E-state index >= 15 is 0 Å². The van der Waals surface area contributed by atoms with Gasteiger partial charge in [0.15, 0.2) is 14.6 Å². The van der Waals surface area contributed by atoms with Crippen molar-refractivity contribution in [3.05, 3.63) is 59.8 Å². The third-order valence-electron chi connectivity index (χ3n) is 7.46. The Kier molecular flexibility index (Phi) is 14.7. The van der Waals surface area contributed by atoms with Gasteiger partial charge in [0, 0.05) is 0 Å². The fourth-order valence-corrected chi connectivity index (χ4v) is 5.68. The van der Waals surface area contributed by atoms with Gasteiger partial charge in [0.2, 0.25) is 0 Å². The normalized spacial score (nSPS) is 22.8. The van der Waals surface area contributed by atoms with Crippen LogP contribution in [0.25, 0.3) is 0 Å². The smallest absolute Gasteiger partial charge is 0.192 e. The second kappa shape index (κ2) is 16.0. The molecule has 0 N–H and O–H groups in total. The van der Waals surface area contributed by atoms with Crippen LogP contribution >= 0.6 is 0 Å². The van der Waals surface area contributed by atoms with Crippen LogP contribution < -0.4 is 0 Å². The van der Waals surface area contributed by atoms with Crippen molar-refractivity contribution >= 4 is 8.32 Å². The van der Waals surface area contributed by atoms with Gasteiger partial charge in [-0.3, -0.25) is 0 Å². The Morgan fingerprint density at radius 3 is 2.32 bits per heavy atom. The molecule has 1 aliphatic heterocycles. The molecule has 0 saturated carbocycles. The lowest BCUT2D eigenvalue weighted by Gasteiger charge is -2.40. The van der Waals surface area contributed by atoms with Crippen LogP contribution in [0.2, 0.25) is 18.1 Å². The molecule has 0 bridgehead atoms. The van der Waals surface area contributed by atoms with E-state index in [0.29, 0.717) is 11.8 Å². The Bertz CT molecular complexity index is 810. The van der Waals surface area contributed by atoms with E-state index in [1.54, 1.807) is 0 Å². The maximum atomic E-state index is 6.74. The van der Waals surface area contributed by atoms with Crippen LogP contribution in [0.1, 0.15) is 94.9 Å². The van der Waals surface area contributed by atoms with E-state index in [9.17, 15) is 0 Å². The van der Waals surface area contributed by atoms with Crippen LogP contribution in [0.3, 0.4) is 0 Å².